The smallest absolute Gasteiger partial charge is 0.292 e. The van der Waals surface area contributed by atoms with Crippen LogP contribution in [-0.4, -0.2) is 34.0 Å². The van der Waals surface area contributed by atoms with E-state index in [-0.39, 0.29) is 29.2 Å². The Bertz CT molecular complexity index is 1280. The van der Waals surface area contributed by atoms with Gasteiger partial charge in [-0.05, 0) is 42.7 Å². The van der Waals surface area contributed by atoms with Crippen molar-refractivity contribution in [3.05, 3.63) is 95.4 Å². The lowest BCUT2D eigenvalue weighted by Crippen LogP contribution is -2.39. The molecule has 1 aliphatic rings. The highest BCUT2D eigenvalue weighted by molar-refractivity contribution is 5.92. The van der Waals surface area contributed by atoms with Crippen LogP contribution >= 0.6 is 0 Å². The van der Waals surface area contributed by atoms with Gasteiger partial charge in [-0.2, -0.15) is 0 Å². The van der Waals surface area contributed by atoms with Crippen LogP contribution in [0.15, 0.2) is 69.7 Å². The van der Waals surface area contributed by atoms with Crippen molar-refractivity contribution in [2.45, 2.75) is 25.2 Å². The van der Waals surface area contributed by atoms with Gasteiger partial charge < -0.3 is 13.8 Å². The third-order valence-corrected chi connectivity index (χ3v) is 5.74. The van der Waals surface area contributed by atoms with Crippen molar-refractivity contribution < 1.29 is 22.5 Å². The van der Waals surface area contributed by atoms with Crippen LogP contribution < -0.4 is 0 Å². The summed E-state index contributed by atoms with van der Waals surface area (Å²) in [6, 6.07) is 13.9. The predicted molar refractivity (Wildman–Crippen MR) is 115 cm³/mol. The molecule has 1 amide bonds. The summed E-state index contributed by atoms with van der Waals surface area (Å²) >= 11 is 0. The summed E-state index contributed by atoms with van der Waals surface area (Å²) in [5.74, 6) is 0.322. The first-order valence-electron chi connectivity index (χ1n) is 10.8. The highest BCUT2D eigenvalue weighted by Gasteiger charge is 2.30. The van der Waals surface area contributed by atoms with Crippen LogP contribution in [-0.2, 0) is 6.42 Å². The molecule has 1 atom stereocenters. The normalized spacial score (nSPS) is 16.2. The number of amides is 1. The lowest BCUT2D eigenvalue weighted by molar-refractivity contribution is 0.0656. The molecule has 0 unspecified atom stereocenters. The summed E-state index contributed by atoms with van der Waals surface area (Å²) in [4.78, 5) is 19.1. The maximum Gasteiger partial charge on any atom is 0.292 e. The largest absolute Gasteiger partial charge is 0.445 e. The lowest BCUT2D eigenvalue weighted by atomic mass is 9.98. The fourth-order valence-electron chi connectivity index (χ4n) is 4.12. The fourth-order valence-corrected chi connectivity index (χ4v) is 4.12. The zero-order chi connectivity index (χ0) is 22.8. The van der Waals surface area contributed by atoms with Crippen molar-refractivity contribution in [1.29, 1.82) is 0 Å². The van der Waals surface area contributed by atoms with E-state index in [1.165, 1.54) is 30.3 Å². The van der Waals surface area contributed by atoms with E-state index in [4.69, 9.17) is 8.94 Å². The van der Waals surface area contributed by atoms with Gasteiger partial charge in [-0.1, -0.05) is 29.4 Å². The fraction of sp³-hybridized carbons (Fsp3) is 0.240. The second-order valence-corrected chi connectivity index (χ2v) is 8.15. The van der Waals surface area contributed by atoms with Crippen LogP contribution in [0.2, 0.25) is 0 Å². The number of rotatable bonds is 5. The molecule has 6 nitrogen and oxygen atoms in total. The standard InChI is InChI=1S/C25H21F2N3O3/c26-19-7-1-4-16(10-19)11-21-14-28-24(32-21)18-6-3-9-30(15-18)25(31)23-13-22(29-33-23)17-5-2-8-20(27)12-17/h1-2,4-5,7-8,10,12-14,18H,3,6,9,11,15H2/t18-/m1/s1. The first-order chi connectivity index (χ1) is 16.0. The Morgan fingerprint density at radius 3 is 2.73 bits per heavy atom. The average Bonchev–Trinajstić information content (AvgIpc) is 3.49. The molecular formula is C25H21F2N3O3. The van der Waals surface area contributed by atoms with Crippen LogP contribution in [0.1, 0.15) is 46.5 Å². The molecule has 3 heterocycles. The van der Waals surface area contributed by atoms with Crippen molar-refractivity contribution >= 4 is 5.91 Å². The molecule has 1 saturated heterocycles. The minimum absolute atomic E-state index is 0.0467. The molecule has 0 radical (unpaired) electrons. The predicted octanol–water partition coefficient (Wildman–Crippen LogP) is 5.22. The topological polar surface area (TPSA) is 72.4 Å². The van der Waals surface area contributed by atoms with Crippen molar-refractivity contribution in [2.75, 3.05) is 13.1 Å². The third-order valence-electron chi connectivity index (χ3n) is 5.74. The summed E-state index contributed by atoms with van der Waals surface area (Å²) in [7, 11) is 0. The van der Waals surface area contributed by atoms with E-state index in [9.17, 15) is 13.6 Å². The first-order valence-corrected chi connectivity index (χ1v) is 10.8. The Hall–Kier alpha value is -3.81. The molecule has 2 aromatic carbocycles. The summed E-state index contributed by atoms with van der Waals surface area (Å²) in [5.41, 5.74) is 1.75. The number of halogens is 2. The van der Waals surface area contributed by atoms with E-state index in [1.54, 1.807) is 29.3 Å². The SMILES string of the molecule is O=C(c1cc(-c2cccc(F)c2)no1)N1CCC[C@@H](c2ncc(Cc3cccc(F)c3)o2)C1. The molecular weight excluding hydrogens is 428 g/mol. The lowest BCUT2D eigenvalue weighted by Gasteiger charge is -2.30. The second kappa shape index (κ2) is 8.97. The van der Waals surface area contributed by atoms with Gasteiger partial charge in [0.05, 0.1) is 12.1 Å². The number of oxazole rings is 1. The minimum atomic E-state index is -0.384. The number of benzene rings is 2. The van der Waals surface area contributed by atoms with Gasteiger partial charge in [-0.25, -0.2) is 13.8 Å². The van der Waals surface area contributed by atoms with Crippen molar-refractivity contribution in [3.63, 3.8) is 0 Å². The summed E-state index contributed by atoms with van der Waals surface area (Å²) in [5, 5.41) is 3.92. The molecule has 0 saturated carbocycles. The maximum absolute atomic E-state index is 13.5. The van der Waals surface area contributed by atoms with E-state index >= 15 is 0 Å². The number of aromatic nitrogens is 2. The molecule has 4 aromatic rings. The van der Waals surface area contributed by atoms with Gasteiger partial charge >= 0.3 is 0 Å². The van der Waals surface area contributed by atoms with Crippen molar-refractivity contribution in [3.8, 4) is 11.3 Å². The molecule has 168 valence electrons. The number of hydrogen-bond acceptors (Lipinski definition) is 5. The van der Waals surface area contributed by atoms with Gasteiger partial charge in [0.25, 0.3) is 5.91 Å². The van der Waals surface area contributed by atoms with E-state index in [2.05, 4.69) is 10.1 Å². The van der Waals surface area contributed by atoms with E-state index < -0.39 is 0 Å². The molecule has 0 bridgehead atoms. The zero-order valence-corrected chi connectivity index (χ0v) is 17.7. The summed E-state index contributed by atoms with van der Waals surface area (Å²) in [6.45, 7) is 1.02. The second-order valence-electron chi connectivity index (χ2n) is 8.15. The molecule has 0 aliphatic carbocycles. The molecule has 0 spiro atoms. The first kappa shape index (κ1) is 21.1. The van der Waals surface area contributed by atoms with E-state index in [0.717, 1.165) is 18.4 Å². The number of carbonyl (C=O) groups is 1. The number of hydrogen-bond donors (Lipinski definition) is 0. The minimum Gasteiger partial charge on any atom is -0.445 e. The molecule has 33 heavy (non-hydrogen) atoms. The quantitative estimate of drug-likeness (QED) is 0.418. The van der Waals surface area contributed by atoms with Crippen LogP contribution in [0.3, 0.4) is 0 Å². The summed E-state index contributed by atoms with van der Waals surface area (Å²) in [6.07, 6.45) is 3.74. The summed E-state index contributed by atoms with van der Waals surface area (Å²) < 4.78 is 38.1. The van der Waals surface area contributed by atoms with E-state index in [1.807, 2.05) is 6.07 Å². The molecule has 2 aromatic heterocycles. The van der Waals surface area contributed by atoms with Crippen LogP contribution in [0, 0.1) is 11.6 Å². The van der Waals surface area contributed by atoms with Gasteiger partial charge in [-0.3, -0.25) is 4.79 Å². The van der Waals surface area contributed by atoms with Crippen LogP contribution in [0.4, 0.5) is 8.78 Å². The zero-order valence-electron chi connectivity index (χ0n) is 17.7. The Labute approximate surface area is 188 Å². The van der Waals surface area contributed by atoms with Crippen molar-refractivity contribution in [2.24, 2.45) is 0 Å². The average molecular weight is 449 g/mol. The van der Waals surface area contributed by atoms with Gasteiger partial charge in [0.2, 0.25) is 5.76 Å². The highest BCUT2D eigenvalue weighted by Crippen LogP contribution is 2.29. The molecule has 1 fully saturated rings. The Kier molecular flexibility index (Phi) is 5.73. The molecule has 0 N–H and O–H groups in total. The molecule has 1 aliphatic heterocycles. The molecule has 8 heteroatoms. The van der Waals surface area contributed by atoms with E-state index in [0.29, 0.717) is 42.4 Å². The number of carbonyl (C=O) groups excluding carboxylic acids is 1. The van der Waals surface area contributed by atoms with Gasteiger partial charge in [0.1, 0.15) is 23.1 Å². The number of piperidine rings is 1. The van der Waals surface area contributed by atoms with Gasteiger partial charge in [0.15, 0.2) is 5.89 Å². The Morgan fingerprint density at radius 2 is 1.91 bits per heavy atom. The third kappa shape index (κ3) is 4.69. The van der Waals surface area contributed by atoms with Crippen LogP contribution in [0.5, 0.6) is 0 Å². The van der Waals surface area contributed by atoms with Gasteiger partial charge in [-0.15, -0.1) is 0 Å². The monoisotopic (exact) mass is 449 g/mol. The Morgan fingerprint density at radius 1 is 1.09 bits per heavy atom. The number of likely N-dealkylation sites (tertiary alicyclic amines) is 1. The molecule has 5 rings (SSSR count). The number of nitrogens with zero attached hydrogens (tertiary/aromatic N) is 3. The Balaban J connectivity index is 1.26. The van der Waals surface area contributed by atoms with Gasteiger partial charge in [0, 0.05) is 31.1 Å². The highest BCUT2D eigenvalue weighted by atomic mass is 19.1. The van der Waals surface area contributed by atoms with Crippen LogP contribution in [0.25, 0.3) is 11.3 Å². The maximum atomic E-state index is 13.5. The van der Waals surface area contributed by atoms with Crippen molar-refractivity contribution in [1.82, 2.24) is 15.0 Å².